The molecule has 27 heavy (non-hydrogen) atoms. The molecule has 0 radical (unpaired) electrons. The molecule has 0 spiro atoms. The molecule has 0 saturated heterocycles. The van der Waals surface area contributed by atoms with Crippen molar-refractivity contribution in [2.24, 2.45) is 5.92 Å². The molecule has 144 valence electrons. The molecule has 0 unspecified atom stereocenters. The van der Waals surface area contributed by atoms with Crippen LogP contribution in [0, 0.1) is 5.92 Å². The van der Waals surface area contributed by atoms with Gasteiger partial charge in [-0.05, 0) is 24.3 Å². The predicted octanol–water partition coefficient (Wildman–Crippen LogP) is 4.67. The van der Waals surface area contributed by atoms with E-state index < -0.39 is 0 Å². The number of carbonyl (C=O) groups excluding carboxylic acids is 1. The van der Waals surface area contributed by atoms with E-state index in [1.165, 1.54) is 19.3 Å². The Bertz CT molecular complexity index is 766. The molecule has 1 saturated carbocycles. The first-order valence-corrected chi connectivity index (χ1v) is 9.93. The van der Waals surface area contributed by atoms with Gasteiger partial charge in [0.05, 0.1) is 24.2 Å². The summed E-state index contributed by atoms with van der Waals surface area (Å²) in [6, 6.07) is 7.71. The van der Waals surface area contributed by atoms with E-state index in [4.69, 9.17) is 4.98 Å². The van der Waals surface area contributed by atoms with E-state index in [1.807, 2.05) is 38.1 Å². The molecular formula is C22H29N3O2. The van der Waals surface area contributed by atoms with Gasteiger partial charge in [0.15, 0.2) is 5.82 Å². The van der Waals surface area contributed by atoms with E-state index in [1.54, 1.807) is 6.20 Å². The maximum absolute atomic E-state index is 12.3. The number of hydrogen-bond acceptors (Lipinski definition) is 4. The maximum atomic E-state index is 12.3. The summed E-state index contributed by atoms with van der Waals surface area (Å²) in [4.78, 5) is 21.8. The molecule has 5 nitrogen and oxygen atoms in total. The van der Waals surface area contributed by atoms with Crippen LogP contribution in [0.4, 0.5) is 5.82 Å². The van der Waals surface area contributed by atoms with Gasteiger partial charge >= 0.3 is 0 Å². The Balaban J connectivity index is 1.91. The topological polar surface area (TPSA) is 75.1 Å². The number of benzene rings is 1. The second-order valence-corrected chi connectivity index (χ2v) is 7.83. The SMILES string of the molecule is CC(C)CC(=O)Nc1ncc(-c2ccc(CO)cc2)nc1C1CCCCC1. The highest BCUT2D eigenvalue weighted by molar-refractivity contribution is 5.90. The van der Waals surface area contributed by atoms with E-state index >= 15 is 0 Å². The zero-order valence-corrected chi connectivity index (χ0v) is 16.2. The number of amides is 1. The van der Waals surface area contributed by atoms with Gasteiger partial charge in [0, 0.05) is 17.9 Å². The minimum atomic E-state index is -0.00333. The molecule has 5 heteroatoms. The molecule has 1 heterocycles. The van der Waals surface area contributed by atoms with Crippen molar-refractivity contribution in [2.45, 2.75) is 64.9 Å². The van der Waals surface area contributed by atoms with Crippen LogP contribution in [0.1, 0.15) is 69.5 Å². The highest BCUT2D eigenvalue weighted by Crippen LogP contribution is 2.35. The third-order valence-electron chi connectivity index (χ3n) is 5.08. The number of nitrogens with one attached hydrogen (secondary N) is 1. The van der Waals surface area contributed by atoms with E-state index in [2.05, 4.69) is 10.3 Å². The smallest absolute Gasteiger partial charge is 0.225 e. The molecule has 0 bridgehead atoms. The number of aliphatic hydroxyl groups excluding tert-OH is 1. The van der Waals surface area contributed by atoms with Crippen LogP contribution in [-0.4, -0.2) is 21.0 Å². The van der Waals surface area contributed by atoms with Gasteiger partial charge in [-0.15, -0.1) is 0 Å². The van der Waals surface area contributed by atoms with E-state index in [9.17, 15) is 9.90 Å². The van der Waals surface area contributed by atoms with Crippen LogP contribution in [0.25, 0.3) is 11.3 Å². The third-order valence-corrected chi connectivity index (χ3v) is 5.08. The van der Waals surface area contributed by atoms with E-state index in [0.717, 1.165) is 35.4 Å². The normalized spacial score (nSPS) is 15.1. The van der Waals surface area contributed by atoms with E-state index in [0.29, 0.717) is 24.1 Å². The van der Waals surface area contributed by atoms with Gasteiger partial charge in [0.1, 0.15) is 0 Å². The van der Waals surface area contributed by atoms with Crippen LogP contribution >= 0.6 is 0 Å². The Kier molecular flexibility index (Phi) is 6.56. The fourth-order valence-corrected chi connectivity index (χ4v) is 3.63. The number of anilines is 1. The van der Waals surface area contributed by atoms with Gasteiger partial charge in [-0.1, -0.05) is 57.4 Å². The number of carbonyl (C=O) groups is 1. The summed E-state index contributed by atoms with van der Waals surface area (Å²) in [5, 5.41) is 12.2. The third kappa shape index (κ3) is 5.13. The molecule has 1 fully saturated rings. The first kappa shape index (κ1) is 19.5. The molecule has 0 atom stereocenters. The molecule has 1 aromatic carbocycles. The summed E-state index contributed by atoms with van der Waals surface area (Å²) in [5.41, 5.74) is 3.56. The van der Waals surface area contributed by atoms with Crippen LogP contribution in [0.2, 0.25) is 0 Å². The van der Waals surface area contributed by atoms with Crippen molar-refractivity contribution in [3.63, 3.8) is 0 Å². The fraction of sp³-hybridized carbons (Fsp3) is 0.500. The Hall–Kier alpha value is -2.27. The van der Waals surface area contributed by atoms with Crippen molar-refractivity contribution >= 4 is 11.7 Å². The Morgan fingerprint density at radius 1 is 1.19 bits per heavy atom. The summed E-state index contributed by atoms with van der Waals surface area (Å²) >= 11 is 0. The van der Waals surface area contributed by atoms with Gasteiger partial charge in [0.2, 0.25) is 5.91 Å². The zero-order chi connectivity index (χ0) is 19.2. The van der Waals surface area contributed by atoms with Gasteiger partial charge < -0.3 is 10.4 Å². The van der Waals surface area contributed by atoms with Gasteiger partial charge in [-0.2, -0.15) is 0 Å². The molecule has 2 N–H and O–H groups in total. The summed E-state index contributed by atoms with van der Waals surface area (Å²) in [7, 11) is 0. The lowest BCUT2D eigenvalue weighted by atomic mass is 9.86. The molecule has 1 aliphatic rings. The molecule has 1 amide bonds. The molecule has 3 rings (SSSR count). The Labute approximate surface area is 161 Å². The largest absolute Gasteiger partial charge is 0.392 e. The lowest BCUT2D eigenvalue weighted by Gasteiger charge is -2.23. The van der Waals surface area contributed by atoms with Crippen molar-refractivity contribution in [1.29, 1.82) is 0 Å². The molecule has 1 aromatic heterocycles. The Morgan fingerprint density at radius 2 is 1.89 bits per heavy atom. The number of hydrogen-bond donors (Lipinski definition) is 2. The molecule has 1 aliphatic carbocycles. The minimum absolute atomic E-state index is 0.00333. The van der Waals surface area contributed by atoms with Gasteiger partial charge in [0.25, 0.3) is 0 Å². The second kappa shape index (κ2) is 9.09. The van der Waals surface area contributed by atoms with Crippen molar-refractivity contribution in [3.8, 4) is 11.3 Å². The van der Waals surface area contributed by atoms with Crippen molar-refractivity contribution in [1.82, 2.24) is 9.97 Å². The number of nitrogens with zero attached hydrogens (tertiary/aromatic N) is 2. The first-order chi connectivity index (χ1) is 13.1. The highest BCUT2D eigenvalue weighted by atomic mass is 16.3. The maximum Gasteiger partial charge on any atom is 0.225 e. The van der Waals surface area contributed by atoms with Crippen LogP contribution in [-0.2, 0) is 11.4 Å². The number of aromatic nitrogens is 2. The lowest BCUT2D eigenvalue weighted by molar-refractivity contribution is -0.116. The Morgan fingerprint density at radius 3 is 2.52 bits per heavy atom. The average Bonchev–Trinajstić information content (AvgIpc) is 2.68. The quantitative estimate of drug-likeness (QED) is 0.778. The van der Waals surface area contributed by atoms with Crippen molar-refractivity contribution in [2.75, 3.05) is 5.32 Å². The lowest BCUT2D eigenvalue weighted by Crippen LogP contribution is -2.19. The number of rotatable bonds is 6. The molecule has 2 aromatic rings. The van der Waals surface area contributed by atoms with Gasteiger partial charge in [-0.25, -0.2) is 9.97 Å². The molecular weight excluding hydrogens is 338 g/mol. The summed E-state index contributed by atoms with van der Waals surface area (Å²) in [5.74, 6) is 1.26. The van der Waals surface area contributed by atoms with Crippen LogP contribution in [0.3, 0.4) is 0 Å². The molecule has 0 aliphatic heterocycles. The minimum Gasteiger partial charge on any atom is -0.392 e. The van der Waals surface area contributed by atoms with Crippen molar-refractivity contribution in [3.05, 3.63) is 41.7 Å². The van der Waals surface area contributed by atoms with Crippen LogP contribution in [0.15, 0.2) is 30.5 Å². The summed E-state index contributed by atoms with van der Waals surface area (Å²) < 4.78 is 0. The van der Waals surface area contributed by atoms with E-state index in [-0.39, 0.29) is 12.5 Å². The summed E-state index contributed by atoms with van der Waals surface area (Å²) in [6.45, 7) is 4.10. The summed E-state index contributed by atoms with van der Waals surface area (Å²) in [6.07, 6.45) is 8.05. The average molecular weight is 367 g/mol. The predicted molar refractivity (Wildman–Crippen MR) is 107 cm³/mol. The fourth-order valence-electron chi connectivity index (χ4n) is 3.63. The highest BCUT2D eigenvalue weighted by Gasteiger charge is 2.23. The number of aliphatic hydroxyl groups is 1. The van der Waals surface area contributed by atoms with Crippen LogP contribution < -0.4 is 5.32 Å². The first-order valence-electron chi connectivity index (χ1n) is 9.93. The monoisotopic (exact) mass is 367 g/mol. The van der Waals surface area contributed by atoms with Crippen molar-refractivity contribution < 1.29 is 9.90 Å². The second-order valence-electron chi connectivity index (χ2n) is 7.83. The zero-order valence-electron chi connectivity index (χ0n) is 16.2. The standard InChI is InChI=1S/C22H29N3O2/c1-15(2)12-20(27)25-22-21(18-6-4-3-5-7-18)24-19(13-23-22)17-10-8-16(14-26)9-11-17/h8-11,13,15,18,26H,3-7,12,14H2,1-2H3,(H,23,25,27). The van der Waals surface area contributed by atoms with Crippen LogP contribution in [0.5, 0.6) is 0 Å². The van der Waals surface area contributed by atoms with Gasteiger partial charge in [-0.3, -0.25) is 4.79 Å².